The predicted molar refractivity (Wildman–Crippen MR) is 162 cm³/mol. The van der Waals surface area contributed by atoms with Gasteiger partial charge in [-0.25, -0.2) is 0 Å². The number of carbonyl (C=O) groups excluding carboxylic acids is 3. The number of esters is 1. The highest BCUT2D eigenvalue weighted by atomic mass is 19.4. The number of ether oxygens (including phenoxy) is 2. The SMILES string of the molecule is CC(=O)OCC(=O)[C@@]1(C#CC(F)(F)F)CC[C@H]2[C@@H]3CC(C)C4=CC(=O)CCC4=C3C(c3ccc(N4CCOCC4)cc3)C[C@@]21C. The van der Waals surface area contributed by atoms with Crippen molar-refractivity contribution in [2.45, 2.75) is 71.4 Å². The molecular formula is C36H40F3NO5. The first-order valence-electron chi connectivity index (χ1n) is 16.0. The van der Waals surface area contributed by atoms with Crippen molar-refractivity contribution in [3.8, 4) is 11.8 Å². The molecule has 0 aromatic heterocycles. The molecule has 3 fully saturated rings. The van der Waals surface area contributed by atoms with Crippen molar-refractivity contribution in [2.75, 3.05) is 37.8 Å². The number of fused-ring (bicyclic) bond motifs is 4. The summed E-state index contributed by atoms with van der Waals surface area (Å²) in [6.45, 7) is 7.56. The molecule has 1 aromatic carbocycles. The van der Waals surface area contributed by atoms with Crippen LogP contribution in [0.15, 0.2) is 47.1 Å². The Balaban J connectivity index is 1.49. The van der Waals surface area contributed by atoms with Gasteiger partial charge < -0.3 is 14.4 Å². The normalized spacial score (nSPS) is 32.9. The van der Waals surface area contributed by atoms with Crippen molar-refractivity contribution in [1.29, 1.82) is 0 Å². The molecule has 1 saturated heterocycles. The van der Waals surface area contributed by atoms with E-state index in [-0.39, 0.29) is 35.9 Å². The molecule has 1 aromatic rings. The van der Waals surface area contributed by atoms with Crippen LogP contribution in [0, 0.1) is 40.4 Å². The molecule has 9 heteroatoms. The van der Waals surface area contributed by atoms with E-state index in [0.717, 1.165) is 36.3 Å². The zero-order chi connectivity index (χ0) is 32.1. The second-order valence-electron chi connectivity index (χ2n) is 13.6. The van der Waals surface area contributed by atoms with Crippen molar-refractivity contribution in [2.24, 2.45) is 28.6 Å². The third kappa shape index (κ3) is 5.64. The van der Waals surface area contributed by atoms with E-state index in [9.17, 15) is 27.6 Å². The Morgan fingerprint density at radius 3 is 2.51 bits per heavy atom. The van der Waals surface area contributed by atoms with Gasteiger partial charge in [0.25, 0.3) is 0 Å². The van der Waals surface area contributed by atoms with Crippen LogP contribution in [0.4, 0.5) is 18.9 Å². The van der Waals surface area contributed by atoms with Crippen molar-refractivity contribution in [3.63, 3.8) is 0 Å². The van der Waals surface area contributed by atoms with Crippen molar-refractivity contribution >= 4 is 23.2 Å². The third-order valence-electron chi connectivity index (χ3n) is 11.3. The highest BCUT2D eigenvalue weighted by molar-refractivity contribution is 5.93. The van der Waals surface area contributed by atoms with Crippen LogP contribution in [-0.4, -0.2) is 56.6 Å². The average molecular weight is 624 g/mol. The van der Waals surface area contributed by atoms with E-state index in [1.54, 1.807) is 6.08 Å². The smallest absolute Gasteiger partial charge is 0.457 e. The fraction of sp³-hybridized carbons (Fsp3) is 0.583. The lowest BCUT2D eigenvalue weighted by atomic mass is 9.47. The summed E-state index contributed by atoms with van der Waals surface area (Å²) in [5.41, 5.74) is 3.18. The lowest BCUT2D eigenvalue weighted by Gasteiger charge is -2.55. The maximum Gasteiger partial charge on any atom is 0.457 e. The van der Waals surface area contributed by atoms with Crippen molar-refractivity contribution in [1.82, 2.24) is 0 Å². The van der Waals surface area contributed by atoms with Crippen LogP contribution < -0.4 is 4.90 Å². The number of anilines is 1. The Hall–Kier alpha value is -3.38. The second kappa shape index (κ2) is 11.8. The minimum absolute atomic E-state index is 0.0270. The number of morpholine rings is 1. The summed E-state index contributed by atoms with van der Waals surface area (Å²) in [7, 11) is 0. The van der Waals surface area contributed by atoms with Gasteiger partial charge in [-0.1, -0.05) is 37.5 Å². The Kier molecular flexibility index (Phi) is 8.26. The maximum absolute atomic E-state index is 14.0. The number of Topliss-reactive ketones (excluding diaryl/α,β-unsaturated/α-hetero) is 1. The van der Waals surface area contributed by atoms with Gasteiger partial charge in [0, 0.05) is 44.0 Å². The van der Waals surface area contributed by atoms with Gasteiger partial charge in [0.05, 0.1) is 18.6 Å². The van der Waals surface area contributed by atoms with Crippen LogP contribution in [0.1, 0.15) is 70.8 Å². The lowest BCUT2D eigenvalue weighted by molar-refractivity contribution is -0.150. The van der Waals surface area contributed by atoms with E-state index in [1.807, 2.05) is 6.92 Å². The van der Waals surface area contributed by atoms with Gasteiger partial charge in [0.2, 0.25) is 0 Å². The Morgan fingerprint density at radius 1 is 1.13 bits per heavy atom. The molecule has 0 N–H and O–H groups in total. The van der Waals surface area contributed by atoms with Crippen LogP contribution in [0.3, 0.4) is 0 Å². The van der Waals surface area contributed by atoms with Gasteiger partial charge in [0.1, 0.15) is 0 Å². The Labute approximate surface area is 262 Å². The maximum atomic E-state index is 14.0. The molecule has 6 atom stereocenters. The Bertz CT molecular complexity index is 1510. The number of nitrogens with zero attached hydrogens (tertiary/aromatic N) is 1. The number of allylic oxidation sites excluding steroid dienone is 4. The molecule has 1 aliphatic heterocycles. The van der Waals surface area contributed by atoms with Gasteiger partial charge in [-0.3, -0.25) is 14.4 Å². The van der Waals surface area contributed by atoms with E-state index in [0.29, 0.717) is 38.9 Å². The van der Waals surface area contributed by atoms with Crippen LogP contribution in [0.25, 0.3) is 0 Å². The van der Waals surface area contributed by atoms with Gasteiger partial charge >= 0.3 is 12.1 Å². The zero-order valence-corrected chi connectivity index (χ0v) is 26.1. The van der Waals surface area contributed by atoms with E-state index in [4.69, 9.17) is 9.47 Å². The van der Waals surface area contributed by atoms with E-state index >= 15 is 0 Å². The summed E-state index contributed by atoms with van der Waals surface area (Å²) in [4.78, 5) is 40.4. The first-order valence-corrected chi connectivity index (χ1v) is 16.0. The first kappa shape index (κ1) is 31.6. The monoisotopic (exact) mass is 623 g/mol. The molecule has 1 heterocycles. The van der Waals surface area contributed by atoms with Gasteiger partial charge in [-0.2, -0.15) is 13.2 Å². The van der Waals surface area contributed by atoms with E-state index in [1.165, 1.54) is 24.0 Å². The third-order valence-corrected chi connectivity index (χ3v) is 11.3. The summed E-state index contributed by atoms with van der Waals surface area (Å²) in [6.07, 6.45) is 0.0197. The number of hydrogen-bond acceptors (Lipinski definition) is 6. The summed E-state index contributed by atoms with van der Waals surface area (Å²) < 4.78 is 51.6. The number of alkyl halides is 3. The number of carbonyl (C=O) groups is 3. The minimum Gasteiger partial charge on any atom is -0.458 e. The summed E-state index contributed by atoms with van der Waals surface area (Å²) in [6, 6.07) is 8.41. The largest absolute Gasteiger partial charge is 0.458 e. The van der Waals surface area contributed by atoms with Gasteiger partial charge in [-0.05, 0) is 90.2 Å². The van der Waals surface area contributed by atoms with Crippen LogP contribution in [-0.2, 0) is 23.9 Å². The highest BCUT2D eigenvalue weighted by Gasteiger charge is 2.66. The van der Waals surface area contributed by atoms with Crippen LogP contribution >= 0.6 is 0 Å². The van der Waals surface area contributed by atoms with Crippen molar-refractivity contribution < 1.29 is 37.0 Å². The molecule has 240 valence electrons. The first-order chi connectivity index (χ1) is 21.3. The topological polar surface area (TPSA) is 72.9 Å². The number of rotatable bonds is 5. The zero-order valence-electron chi connectivity index (χ0n) is 26.1. The highest BCUT2D eigenvalue weighted by Crippen LogP contribution is 2.70. The van der Waals surface area contributed by atoms with Gasteiger partial charge in [0.15, 0.2) is 18.2 Å². The average Bonchev–Trinajstić information content (AvgIpc) is 3.31. The van der Waals surface area contributed by atoms with Crippen molar-refractivity contribution in [3.05, 3.63) is 52.6 Å². The van der Waals surface area contributed by atoms with Crippen LogP contribution in [0.2, 0.25) is 0 Å². The number of halogens is 3. The molecule has 6 nitrogen and oxygen atoms in total. The Morgan fingerprint density at radius 2 is 1.84 bits per heavy atom. The fourth-order valence-corrected chi connectivity index (χ4v) is 9.22. The van der Waals surface area contributed by atoms with Gasteiger partial charge in [-0.15, -0.1) is 0 Å². The number of benzene rings is 1. The molecule has 0 amide bonds. The summed E-state index contributed by atoms with van der Waals surface area (Å²) in [5, 5.41) is 0. The lowest BCUT2D eigenvalue weighted by Crippen LogP contribution is -2.52. The predicted octanol–water partition coefficient (Wildman–Crippen LogP) is 6.35. The molecule has 2 saturated carbocycles. The number of hydrogen-bond donors (Lipinski definition) is 0. The molecule has 0 spiro atoms. The summed E-state index contributed by atoms with van der Waals surface area (Å²) in [5.74, 6) is 2.74. The van der Waals surface area contributed by atoms with E-state index < -0.39 is 35.4 Å². The molecule has 0 bridgehead atoms. The molecule has 45 heavy (non-hydrogen) atoms. The second-order valence-corrected chi connectivity index (χ2v) is 13.6. The fourth-order valence-electron chi connectivity index (χ4n) is 9.22. The molecule has 5 aliphatic rings. The molecule has 0 radical (unpaired) electrons. The minimum atomic E-state index is -4.77. The quantitative estimate of drug-likeness (QED) is 0.281. The molecular weight excluding hydrogens is 583 g/mol. The van der Waals surface area contributed by atoms with Crippen LogP contribution in [0.5, 0.6) is 0 Å². The standard InChI is InChI=1S/C36H40F3NO5/c1-22-18-29-31-10-11-35(12-13-36(37,38)39,32(43)21-45-23(2)41)34(31,3)20-30(33(29)27-9-8-26(42)19-28(22)27)24-4-6-25(7-5-24)40-14-16-44-17-15-40/h4-7,19,22,29-31H,8-11,14-18,20-21H2,1-3H3/t22?,29-,30?,31-,34-,35-/m0/s1. The molecule has 2 unspecified atom stereocenters. The van der Waals surface area contributed by atoms with E-state index in [2.05, 4.69) is 42.0 Å². The number of ketones is 2. The molecule has 4 aliphatic carbocycles. The molecule has 6 rings (SSSR count). The summed E-state index contributed by atoms with van der Waals surface area (Å²) >= 11 is 0.